The van der Waals surface area contributed by atoms with Gasteiger partial charge in [0.15, 0.2) is 0 Å². The normalized spacial score (nSPS) is 12.4. The average Bonchev–Trinajstić information content (AvgIpc) is 2.82. The van der Waals surface area contributed by atoms with Crippen LogP contribution in [0.15, 0.2) is 16.8 Å². The van der Waals surface area contributed by atoms with Crippen molar-refractivity contribution in [3.63, 3.8) is 0 Å². The van der Waals surface area contributed by atoms with E-state index in [1.54, 1.807) is 18.4 Å². The summed E-state index contributed by atoms with van der Waals surface area (Å²) in [5.41, 5.74) is 7.00. The van der Waals surface area contributed by atoms with Crippen molar-refractivity contribution in [3.05, 3.63) is 22.4 Å². The predicted molar refractivity (Wildman–Crippen MR) is 70.1 cm³/mol. The maximum Gasteiger partial charge on any atom is 0.236 e. The van der Waals surface area contributed by atoms with E-state index < -0.39 is 6.04 Å². The lowest BCUT2D eigenvalue weighted by Gasteiger charge is -2.11. The molecule has 96 valence electrons. The minimum Gasteiger partial charge on any atom is -0.385 e. The number of hydrogen-bond acceptors (Lipinski definition) is 4. The molecule has 0 radical (unpaired) electrons. The first kappa shape index (κ1) is 14.2. The van der Waals surface area contributed by atoms with Gasteiger partial charge in [0.2, 0.25) is 5.91 Å². The molecule has 17 heavy (non-hydrogen) atoms. The summed E-state index contributed by atoms with van der Waals surface area (Å²) in [7, 11) is 1.65. The molecule has 1 amide bonds. The van der Waals surface area contributed by atoms with E-state index in [-0.39, 0.29) is 5.91 Å². The highest BCUT2D eigenvalue weighted by Gasteiger charge is 2.11. The fraction of sp³-hybridized carbons (Fsp3) is 0.583. The Labute approximate surface area is 106 Å². The topological polar surface area (TPSA) is 64.3 Å². The second kappa shape index (κ2) is 8.22. The third-order valence-corrected chi connectivity index (χ3v) is 3.23. The van der Waals surface area contributed by atoms with E-state index in [2.05, 4.69) is 16.8 Å². The number of rotatable bonds is 8. The SMILES string of the molecule is COCCCC(N)C(=O)NCCc1ccsc1. The smallest absolute Gasteiger partial charge is 0.236 e. The molecule has 1 unspecified atom stereocenters. The van der Waals surface area contributed by atoms with Crippen LogP contribution in [0.25, 0.3) is 0 Å². The van der Waals surface area contributed by atoms with Gasteiger partial charge in [-0.2, -0.15) is 11.3 Å². The quantitative estimate of drug-likeness (QED) is 0.686. The molecule has 1 aromatic rings. The lowest BCUT2D eigenvalue weighted by molar-refractivity contribution is -0.122. The van der Waals surface area contributed by atoms with Gasteiger partial charge in [-0.3, -0.25) is 4.79 Å². The first-order chi connectivity index (χ1) is 8.24. The van der Waals surface area contributed by atoms with Gasteiger partial charge in [0.25, 0.3) is 0 Å². The van der Waals surface area contributed by atoms with Gasteiger partial charge in [0.1, 0.15) is 0 Å². The zero-order valence-corrected chi connectivity index (χ0v) is 11.0. The third-order valence-electron chi connectivity index (χ3n) is 2.49. The van der Waals surface area contributed by atoms with Gasteiger partial charge < -0.3 is 15.8 Å². The van der Waals surface area contributed by atoms with Gasteiger partial charge in [-0.1, -0.05) is 0 Å². The lowest BCUT2D eigenvalue weighted by atomic mass is 10.1. The standard InChI is InChI=1S/C12H20N2O2S/c1-16-7-2-3-11(13)12(15)14-6-4-10-5-8-17-9-10/h5,8-9,11H,2-4,6-7,13H2,1H3,(H,14,15). The number of thiophene rings is 1. The van der Waals surface area contributed by atoms with Crippen LogP contribution in [-0.2, 0) is 16.0 Å². The zero-order chi connectivity index (χ0) is 12.5. The molecular formula is C12H20N2O2S. The molecule has 0 aromatic carbocycles. The third kappa shape index (κ3) is 5.81. The molecule has 0 aliphatic heterocycles. The zero-order valence-electron chi connectivity index (χ0n) is 10.1. The van der Waals surface area contributed by atoms with E-state index in [1.807, 2.05) is 5.38 Å². The van der Waals surface area contributed by atoms with Crippen molar-refractivity contribution in [2.24, 2.45) is 5.73 Å². The van der Waals surface area contributed by atoms with Crippen molar-refractivity contribution in [2.45, 2.75) is 25.3 Å². The first-order valence-electron chi connectivity index (χ1n) is 5.77. The Morgan fingerprint density at radius 3 is 3.12 bits per heavy atom. The number of ether oxygens (including phenoxy) is 1. The molecule has 0 spiro atoms. The van der Waals surface area contributed by atoms with E-state index >= 15 is 0 Å². The predicted octanol–water partition coefficient (Wildman–Crippen LogP) is 1.16. The van der Waals surface area contributed by atoms with Crippen molar-refractivity contribution in [1.29, 1.82) is 0 Å². The molecule has 1 aromatic heterocycles. The molecule has 5 heteroatoms. The fourth-order valence-electron chi connectivity index (χ4n) is 1.47. The molecule has 1 atom stereocenters. The molecule has 3 N–H and O–H groups in total. The van der Waals surface area contributed by atoms with E-state index in [1.165, 1.54) is 5.56 Å². The first-order valence-corrected chi connectivity index (χ1v) is 6.71. The Kier molecular flexibility index (Phi) is 6.84. The summed E-state index contributed by atoms with van der Waals surface area (Å²) in [6, 6.07) is 1.64. The molecule has 1 rings (SSSR count). The molecular weight excluding hydrogens is 236 g/mol. The van der Waals surface area contributed by atoms with Crippen molar-refractivity contribution in [3.8, 4) is 0 Å². The Bertz CT molecular complexity index is 314. The van der Waals surface area contributed by atoms with E-state index in [4.69, 9.17) is 10.5 Å². The van der Waals surface area contributed by atoms with Crippen LogP contribution < -0.4 is 11.1 Å². The van der Waals surface area contributed by atoms with Gasteiger partial charge >= 0.3 is 0 Å². The maximum absolute atomic E-state index is 11.6. The van der Waals surface area contributed by atoms with Crippen molar-refractivity contribution >= 4 is 17.2 Å². The number of amides is 1. The summed E-state index contributed by atoms with van der Waals surface area (Å²) in [6.45, 7) is 1.30. The monoisotopic (exact) mass is 256 g/mol. The Morgan fingerprint density at radius 1 is 1.65 bits per heavy atom. The van der Waals surface area contributed by atoms with Crippen molar-refractivity contribution in [1.82, 2.24) is 5.32 Å². The Balaban J connectivity index is 2.11. The maximum atomic E-state index is 11.6. The Morgan fingerprint density at radius 2 is 2.47 bits per heavy atom. The van der Waals surface area contributed by atoms with Crippen LogP contribution in [0.4, 0.5) is 0 Å². The van der Waals surface area contributed by atoms with Gasteiger partial charge in [0, 0.05) is 20.3 Å². The van der Waals surface area contributed by atoms with Crippen LogP contribution in [-0.4, -0.2) is 32.2 Å². The fourth-order valence-corrected chi connectivity index (χ4v) is 2.18. The highest BCUT2D eigenvalue weighted by molar-refractivity contribution is 7.07. The minimum absolute atomic E-state index is 0.0728. The summed E-state index contributed by atoms with van der Waals surface area (Å²) in [5.74, 6) is -0.0728. The van der Waals surface area contributed by atoms with Crippen LogP contribution in [0.3, 0.4) is 0 Å². The molecule has 0 aliphatic rings. The van der Waals surface area contributed by atoms with Crippen LogP contribution in [0, 0.1) is 0 Å². The highest BCUT2D eigenvalue weighted by Crippen LogP contribution is 2.05. The summed E-state index contributed by atoms with van der Waals surface area (Å²) < 4.78 is 4.92. The largest absolute Gasteiger partial charge is 0.385 e. The second-order valence-corrected chi connectivity index (χ2v) is 4.69. The van der Waals surface area contributed by atoms with Crippen LogP contribution in [0.5, 0.6) is 0 Å². The van der Waals surface area contributed by atoms with Gasteiger partial charge in [-0.05, 0) is 41.7 Å². The molecule has 4 nitrogen and oxygen atoms in total. The van der Waals surface area contributed by atoms with Crippen LogP contribution in [0.1, 0.15) is 18.4 Å². The van der Waals surface area contributed by atoms with Gasteiger partial charge in [0.05, 0.1) is 6.04 Å². The van der Waals surface area contributed by atoms with E-state index in [0.717, 1.165) is 12.8 Å². The van der Waals surface area contributed by atoms with E-state index in [0.29, 0.717) is 19.6 Å². The molecule has 0 fully saturated rings. The molecule has 0 aliphatic carbocycles. The van der Waals surface area contributed by atoms with Crippen LogP contribution >= 0.6 is 11.3 Å². The minimum atomic E-state index is -0.423. The van der Waals surface area contributed by atoms with Crippen molar-refractivity contribution < 1.29 is 9.53 Å². The summed E-state index contributed by atoms with van der Waals surface area (Å²) in [5, 5.41) is 6.97. The lowest BCUT2D eigenvalue weighted by Crippen LogP contribution is -2.41. The molecule has 0 bridgehead atoms. The van der Waals surface area contributed by atoms with E-state index in [9.17, 15) is 4.79 Å². The number of carbonyl (C=O) groups excluding carboxylic acids is 1. The van der Waals surface area contributed by atoms with Crippen LogP contribution in [0.2, 0.25) is 0 Å². The summed E-state index contributed by atoms with van der Waals surface area (Å²) in [6.07, 6.45) is 2.34. The Hall–Kier alpha value is -0.910. The molecule has 0 saturated heterocycles. The second-order valence-electron chi connectivity index (χ2n) is 3.91. The van der Waals surface area contributed by atoms with Gasteiger partial charge in [-0.15, -0.1) is 0 Å². The highest BCUT2D eigenvalue weighted by atomic mass is 32.1. The number of nitrogens with two attached hydrogens (primary N) is 1. The number of methoxy groups -OCH3 is 1. The average molecular weight is 256 g/mol. The van der Waals surface area contributed by atoms with Crippen molar-refractivity contribution in [2.75, 3.05) is 20.3 Å². The van der Waals surface area contributed by atoms with Gasteiger partial charge in [-0.25, -0.2) is 0 Å². The number of carbonyl (C=O) groups is 1. The molecule has 0 saturated carbocycles. The summed E-state index contributed by atoms with van der Waals surface area (Å²) in [4.78, 5) is 11.6. The number of hydrogen-bond donors (Lipinski definition) is 2. The summed E-state index contributed by atoms with van der Waals surface area (Å²) >= 11 is 1.67. The molecule has 1 heterocycles. The number of nitrogens with one attached hydrogen (secondary N) is 1.